The van der Waals surface area contributed by atoms with Crippen LogP contribution in [0.15, 0.2) is 30.3 Å². The highest BCUT2D eigenvalue weighted by Gasteiger charge is 2.29. The standard InChI is InChI=1S/C26H36N6/c1-20-9-14-32(15-10-20)26-24-19-31(18-21-7-5-4-6-8-21)13-11-22(24)23(17-27)25(29-26)28-12-16-30(2)3/h4-8,20H,9-16,18-19H2,1-3H3,(H,28,29). The van der Waals surface area contributed by atoms with Gasteiger partial charge in [-0.3, -0.25) is 4.90 Å². The molecule has 1 aromatic heterocycles. The van der Waals surface area contributed by atoms with Crippen molar-refractivity contribution >= 4 is 11.6 Å². The predicted octanol–water partition coefficient (Wildman–Crippen LogP) is 3.72. The van der Waals surface area contributed by atoms with Gasteiger partial charge in [-0.05, 0) is 50.4 Å². The van der Waals surface area contributed by atoms with E-state index in [0.29, 0.717) is 0 Å². The lowest BCUT2D eigenvalue weighted by atomic mass is 9.93. The molecule has 0 atom stereocenters. The van der Waals surface area contributed by atoms with Crippen LogP contribution in [0.2, 0.25) is 0 Å². The van der Waals surface area contributed by atoms with Gasteiger partial charge in [0.25, 0.3) is 0 Å². The summed E-state index contributed by atoms with van der Waals surface area (Å²) >= 11 is 0. The fourth-order valence-electron chi connectivity index (χ4n) is 4.78. The highest BCUT2D eigenvalue weighted by Crippen LogP contribution is 2.35. The third kappa shape index (κ3) is 5.23. The first-order valence-corrected chi connectivity index (χ1v) is 11.9. The van der Waals surface area contributed by atoms with E-state index in [-0.39, 0.29) is 0 Å². The number of fused-ring (bicyclic) bond motifs is 1. The first kappa shape index (κ1) is 22.6. The molecule has 1 N–H and O–H groups in total. The number of anilines is 2. The van der Waals surface area contributed by atoms with Crippen molar-refractivity contribution in [2.75, 3.05) is 57.0 Å². The number of nitriles is 1. The molecular formula is C26H36N6. The van der Waals surface area contributed by atoms with Crippen molar-refractivity contribution in [2.45, 2.75) is 39.3 Å². The summed E-state index contributed by atoms with van der Waals surface area (Å²) < 4.78 is 0. The monoisotopic (exact) mass is 432 g/mol. The molecule has 0 aliphatic carbocycles. The Balaban J connectivity index is 1.65. The molecule has 2 aliphatic rings. The van der Waals surface area contributed by atoms with Crippen molar-refractivity contribution in [3.05, 3.63) is 52.6 Å². The molecule has 2 aromatic rings. The van der Waals surface area contributed by atoms with Gasteiger partial charge in [-0.1, -0.05) is 37.3 Å². The van der Waals surface area contributed by atoms with Gasteiger partial charge in [0, 0.05) is 51.4 Å². The maximum absolute atomic E-state index is 10.1. The minimum absolute atomic E-state index is 0.743. The van der Waals surface area contributed by atoms with Crippen LogP contribution in [-0.2, 0) is 19.5 Å². The van der Waals surface area contributed by atoms with E-state index < -0.39 is 0 Å². The zero-order valence-corrected chi connectivity index (χ0v) is 19.8. The minimum Gasteiger partial charge on any atom is -0.368 e. The van der Waals surface area contributed by atoms with E-state index in [9.17, 15) is 5.26 Å². The Bertz CT molecular complexity index is 941. The SMILES string of the molecule is CC1CCN(c2nc(NCCN(C)C)c(C#N)c3c2CN(Cc2ccccc2)CC3)CC1. The Hall–Kier alpha value is -2.62. The second-order valence-electron chi connectivity index (χ2n) is 9.57. The molecule has 0 amide bonds. The van der Waals surface area contributed by atoms with Crippen molar-refractivity contribution in [2.24, 2.45) is 5.92 Å². The van der Waals surface area contributed by atoms with E-state index in [4.69, 9.17) is 4.98 Å². The number of rotatable bonds is 7. The third-order valence-electron chi connectivity index (χ3n) is 6.75. The van der Waals surface area contributed by atoms with Gasteiger partial charge < -0.3 is 15.1 Å². The molecule has 6 heteroatoms. The van der Waals surface area contributed by atoms with E-state index in [2.05, 4.69) is 77.4 Å². The summed E-state index contributed by atoms with van der Waals surface area (Å²) in [4.78, 5) is 12.2. The Morgan fingerprint density at radius 2 is 1.88 bits per heavy atom. The van der Waals surface area contributed by atoms with Crippen molar-refractivity contribution in [3.63, 3.8) is 0 Å². The van der Waals surface area contributed by atoms with Crippen LogP contribution < -0.4 is 10.2 Å². The van der Waals surface area contributed by atoms with Crippen molar-refractivity contribution in [1.29, 1.82) is 5.26 Å². The van der Waals surface area contributed by atoms with Crippen LogP contribution in [-0.4, -0.2) is 61.6 Å². The Morgan fingerprint density at radius 3 is 2.56 bits per heavy atom. The average molecular weight is 433 g/mol. The predicted molar refractivity (Wildman–Crippen MR) is 131 cm³/mol. The van der Waals surface area contributed by atoms with E-state index in [1.807, 2.05) is 0 Å². The number of hydrogen-bond donors (Lipinski definition) is 1. The quantitative estimate of drug-likeness (QED) is 0.720. The summed E-state index contributed by atoms with van der Waals surface area (Å²) in [5.41, 5.74) is 4.54. The zero-order chi connectivity index (χ0) is 22.5. The zero-order valence-electron chi connectivity index (χ0n) is 19.8. The van der Waals surface area contributed by atoms with Gasteiger partial charge in [0.15, 0.2) is 0 Å². The summed E-state index contributed by atoms with van der Waals surface area (Å²) in [5, 5.41) is 13.5. The van der Waals surface area contributed by atoms with Crippen LogP contribution in [0.5, 0.6) is 0 Å². The number of hydrogen-bond acceptors (Lipinski definition) is 6. The summed E-state index contributed by atoms with van der Waals surface area (Å²) in [5.74, 6) is 2.63. The molecule has 6 nitrogen and oxygen atoms in total. The van der Waals surface area contributed by atoms with E-state index in [1.165, 1.54) is 29.5 Å². The molecule has 2 aliphatic heterocycles. The van der Waals surface area contributed by atoms with Gasteiger partial charge >= 0.3 is 0 Å². The second-order valence-corrected chi connectivity index (χ2v) is 9.57. The van der Waals surface area contributed by atoms with Crippen molar-refractivity contribution in [3.8, 4) is 6.07 Å². The lowest BCUT2D eigenvalue weighted by Gasteiger charge is -2.37. The number of aromatic nitrogens is 1. The number of piperidine rings is 1. The summed E-state index contributed by atoms with van der Waals surface area (Å²) in [7, 11) is 4.13. The number of benzene rings is 1. The van der Waals surface area contributed by atoms with Crippen LogP contribution in [0.1, 0.15) is 42.0 Å². The van der Waals surface area contributed by atoms with Crippen molar-refractivity contribution in [1.82, 2.24) is 14.8 Å². The Labute approximate surface area is 192 Å². The number of nitrogens with zero attached hydrogens (tertiary/aromatic N) is 5. The first-order chi connectivity index (χ1) is 15.5. The molecule has 1 fully saturated rings. The molecule has 4 rings (SSSR count). The van der Waals surface area contributed by atoms with E-state index in [0.717, 1.165) is 75.4 Å². The van der Waals surface area contributed by atoms with Gasteiger partial charge in [0.1, 0.15) is 17.7 Å². The fourth-order valence-corrected chi connectivity index (χ4v) is 4.78. The molecule has 1 saturated heterocycles. The molecule has 3 heterocycles. The minimum atomic E-state index is 0.743. The Kier molecular flexibility index (Phi) is 7.29. The van der Waals surface area contributed by atoms with Gasteiger partial charge in [-0.2, -0.15) is 5.26 Å². The number of likely N-dealkylation sites (N-methyl/N-ethyl adjacent to an activating group) is 1. The summed E-state index contributed by atoms with van der Waals surface area (Å²) in [6, 6.07) is 13.2. The van der Waals surface area contributed by atoms with Crippen LogP contribution in [0.25, 0.3) is 0 Å². The van der Waals surface area contributed by atoms with Gasteiger partial charge in [0.05, 0.1) is 5.56 Å². The smallest absolute Gasteiger partial charge is 0.146 e. The second kappa shape index (κ2) is 10.3. The third-order valence-corrected chi connectivity index (χ3v) is 6.75. The molecule has 0 spiro atoms. The van der Waals surface area contributed by atoms with Crippen LogP contribution in [0, 0.1) is 17.2 Å². The van der Waals surface area contributed by atoms with Crippen LogP contribution in [0.3, 0.4) is 0 Å². The first-order valence-electron chi connectivity index (χ1n) is 11.9. The highest BCUT2D eigenvalue weighted by atomic mass is 15.2. The fraction of sp³-hybridized carbons (Fsp3) is 0.538. The maximum atomic E-state index is 10.1. The summed E-state index contributed by atoms with van der Waals surface area (Å²) in [6.45, 7) is 8.87. The average Bonchev–Trinajstić information content (AvgIpc) is 2.79. The maximum Gasteiger partial charge on any atom is 0.146 e. The molecule has 0 radical (unpaired) electrons. The largest absolute Gasteiger partial charge is 0.368 e. The Morgan fingerprint density at radius 1 is 1.12 bits per heavy atom. The van der Waals surface area contributed by atoms with E-state index >= 15 is 0 Å². The van der Waals surface area contributed by atoms with Crippen molar-refractivity contribution < 1.29 is 0 Å². The number of pyridine rings is 1. The van der Waals surface area contributed by atoms with Gasteiger partial charge in [-0.25, -0.2) is 4.98 Å². The van der Waals surface area contributed by atoms with Gasteiger partial charge in [0.2, 0.25) is 0 Å². The molecule has 1 aromatic carbocycles. The normalized spacial score (nSPS) is 17.3. The molecule has 170 valence electrons. The van der Waals surface area contributed by atoms with Crippen LogP contribution >= 0.6 is 0 Å². The highest BCUT2D eigenvalue weighted by molar-refractivity contribution is 5.67. The lowest BCUT2D eigenvalue weighted by molar-refractivity contribution is 0.245. The number of nitrogens with one attached hydrogen (secondary N) is 1. The molecule has 0 unspecified atom stereocenters. The van der Waals surface area contributed by atoms with Gasteiger partial charge in [-0.15, -0.1) is 0 Å². The topological polar surface area (TPSA) is 58.4 Å². The molecular weight excluding hydrogens is 396 g/mol. The molecule has 0 bridgehead atoms. The van der Waals surface area contributed by atoms with Crippen LogP contribution in [0.4, 0.5) is 11.6 Å². The molecule has 0 saturated carbocycles. The molecule has 32 heavy (non-hydrogen) atoms. The summed E-state index contributed by atoms with van der Waals surface area (Å²) in [6.07, 6.45) is 3.30. The lowest BCUT2D eigenvalue weighted by Crippen LogP contribution is -2.37. The van der Waals surface area contributed by atoms with E-state index in [1.54, 1.807) is 0 Å².